The maximum absolute atomic E-state index is 11.8. The van der Waals surface area contributed by atoms with Gasteiger partial charge in [-0.2, -0.15) is 0 Å². The first kappa shape index (κ1) is 10.4. The minimum absolute atomic E-state index is 0.0999. The van der Waals surface area contributed by atoms with Crippen LogP contribution in [-0.4, -0.2) is 46.0 Å². The lowest BCUT2D eigenvalue weighted by Gasteiger charge is -2.30. The zero-order valence-corrected chi connectivity index (χ0v) is 8.85. The van der Waals surface area contributed by atoms with Gasteiger partial charge in [-0.15, -0.1) is 0 Å². The molecule has 2 aliphatic rings. The Morgan fingerprint density at radius 1 is 1.21 bits per heavy atom. The van der Waals surface area contributed by atoms with Crippen LogP contribution in [0.2, 0.25) is 0 Å². The average molecular weight is 220 g/mol. The van der Waals surface area contributed by atoms with Crippen LogP contribution in [0.5, 0.6) is 0 Å². The molecule has 0 saturated carbocycles. The number of nitrogens with one attached hydrogen (secondary N) is 2. The van der Waals surface area contributed by atoms with Gasteiger partial charge < -0.3 is 10.1 Å². The zero-order valence-electron chi connectivity index (χ0n) is 8.03. The highest BCUT2D eigenvalue weighted by molar-refractivity contribution is 7.90. The van der Waals surface area contributed by atoms with Crippen LogP contribution in [0.1, 0.15) is 12.8 Å². The third kappa shape index (κ3) is 2.25. The van der Waals surface area contributed by atoms with E-state index >= 15 is 0 Å². The van der Waals surface area contributed by atoms with E-state index in [2.05, 4.69) is 10.0 Å². The third-order valence-electron chi connectivity index (χ3n) is 2.72. The first-order chi connectivity index (χ1) is 6.68. The van der Waals surface area contributed by atoms with Gasteiger partial charge in [0.2, 0.25) is 10.0 Å². The standard InChI is InChI=1S/C8H16N2O3S/c11-14(12,10-7-5-9-6-7)8-1-3-13-4-2-8/h7-10H,1-6H2. The van der Waals surface area contributed by atoms with Crippen LogP contribution in [0, 0.1) is 0 Å². The van der Waals surface area contributed by atoms with Crippen LogP contribution in [0.15, 0.2) is 0 Å². The number of hydrogen-bond donors (Lipinski definition) is 2. The smallest absolute Gasteiger partial charge is 0.214 e. The highest BCUT2D eigenvalue weighted by Gasteiger charge is 2.31. The summed E-state index contributed by atoms with van der Waals surface area (Å²) in [5.74, 6) is 0. The fourth-order valence-corrected chi connectivity index (χ4v) is 3.32. The second kappa shape index (κ2) is 4.14. The van der Waals surface area contributed by atoms with E-state index in [-0.39, 0.29) is 11.3 Å². The monoisotopic (exact) mass is 220 g/mol. The molecular weight excluding hydrogens is 204 g/mol. The molecule has 2 N–H and O–H groups in total. The van der Waals surface area contributed by atoms with Crippen molar-refractivity contribution in [1.82, 2.24) is 10.0 Å². The largest absolute Gasteiger partial charge is 0.381 e. The molecular formula is C8H16N2O3S. The second-order valence-electron chi connectivity index (χ2n) is 3.83. The van der Waals surface area contributed by atoms with Crippen LogP contribution in [0.4, 0.5) is 0 Å². The van der Waals surface area contributed by atoms with Crippen molar-refractivity contribution in [3.8, 4) is 0 Å². The number of sulfonamides is 1. The normalized spacial score (nSPS) is 26.0. The van der Waals surface area contributed by atoms with Gasteiger partial charge in [0.05, 0.1) is 5.25 Å². The average Bonchev–Trinajstić information content (AvgIpc) is 2.13. The van der Waals surface area contributed by atoms with Gasteiger partial charge >= 0.3 is 0 Å². The Hall–Kier alpha value is -0.170. The summed E-state index contributed by atoms with van der Waals surface area (Å²) in [6.45, 7) is 2.63. The van der Waals surface area contributed by atoms with Gasteiger partial charge in [-0.3, -0.25) is 0 Å². The van der Waals surface area contributed by atoms with Crippen LogP contribution in [-0.2, 0) is 14.8 Å². The lowest BCUT2D eigenvalue weighted by atomic mass is 10.2. The minimum atomic E-state index is -3.11. The maximum atomic E-state index is 11.8. The number of rotatable bonds is 3. The predicted molar refractivity (Wildman–Crippen MR) is 52.6 cm³/mol. The summed E-state index contributed by atoms with van der Waals surface area (Å²) in [7, 11) is -3.11. The Bertz CT molecular complexity index is 281. The third-order valence-corrected chi connectivity index (χ3v) is 4.73. The van der Waals surface area contributed by atoms with Crippen molar-refractivity contribution in [3.05, 3.63) is 0 Å². The predicted octanol–water partition coefficient (Wildman–Crippen LogP) is -0.943. The maximum Gasteiger partial charge on any atom is 0.214 e. The quantitative estimate of drug-likeness (QED) is 0.644. The van der Waals surface area contributed by atoms with Crippen LogP contribution >= 0.6 is 0 Å². The van der Waals surface area contributed by atoms with E-state index in [0.29, 0.717) is 26.1 Å². The SMILES string of the molecule is O=S(=O)(NC1CNC1)C1CCOCC1. The molecule has 0 aromatic heterocycles. The van der Waals surface area contributed by atoms with Gasteiger partial charge in [0.15, 0.2) is 0 Å². The molecule has 5 nitrogen and oxygen atoms in total. The zero-order chi connectivity index (χ0) is 10.0. The van der Waals surface area contributed by atoms with Gasteiger partial charge in [-0.25, -0.2) is 13.1 Å². The first-order valence-electron chi connectivity index (χ1n) is 4.98. The molecule has 0 bridgehead atoms. The van der Waals surface area contributed by atoms with Crippen molar-refractivity contribution in [2.45, 2.75) is 24.1 Å². The van der Waals surface area contributed by atoms with Gasteiger partial charge in [0.1, 0.15) is 0 Å². The van der Waals surface area contributed by atoms with Crippen molar-refractivity contribution in [1.29, 1.82) is 0 Å². The van der Waals surface area contributed by atoms with Crippen LogP contribution in [0.25, 0.3) is 0 Å². The van der Waals surface area contributed by atoms with Gasteiger partial charge in [-0.1, -0.05) is 0 Å². The number of ether oxygens (including phenoxy) is 1. The molecule has 82 valence electrons. The van der Waals surface area contributed by atoms with Gasteiger partial charge in [-0.05, 0) is 12.8 Å². The molecule has 2 fully saturated rings. The molecule has 0 unspecified atom stereocenters. The summed E-state index contributed by atoms with van der Waals surface area (Å²) in [5.41, 5.74) is 0. The molecule has 14 heavy (non-hydrogen) atoms. The van der Waals surface area contributed by atoms with E-state index in [1.807, 2.05) is 0 Å². The highest BCUT2D eigenvalue weighted by Crippen LogP contribution is 2.15. The Labute approximate surface area is 84.3 Å². The molecule has 0 atom stereocenters. The Kier molecular flexibility index (Phi) is 3.06. The number of hydrogen-bond acceptors (Lipinski definition) is 4. The second-order valence-corrected chi connectivity index (χ2v) is 5.82. The molecule has 2 rings (SSSR count). The molecule has 0 radical (unpaired) electrons. The Morgan fingerprint density at radius 2 is 1.86 bits per heavy atom. The Balaban J connectivity index is 1.91. The van der Waals surface area contributed by atoms with Crippen molar-refractivity contribution in [2.75, 3.05) is 26.3 Å². The first-order valence-corrected chi connectivity index (χ1v) is 6.53. The molecule has 0 aromatic carbocycles. The topological polar surface area (TPSA) is 67.4 Å². The fraction of sp³-hybridized carbons (Fsp3) is 1.00. The molecule has 2 heterocycles. The summed E-state index contributed by atoms with van der Waals surface area (Å²) in [6.07, 6.45) is 1.24. The van der Waals surface area contributed by atoms with E-state index < -0.39 is 10.0 Å². The van der Waals surface area contributed by atoms with Crippen molar-refractivity contribution in [2.24, 2.45) is 0 Å². The van der Waals surface area contributed by atoms with Gasteiger partial charge in [0.25, 0.3) is 0 Å². The molecule has 2 aliphatic heterocycles. The van der Waals surface area contributed by atoms with E-state index in [9.17, 15) is 8.42 Å². The highest BCUT2D eigenvalue weighted by atomic mass is 32.2. The fourth-order valence-electron chi connectivity index (χ4n) is 1.69. The van der Waals surface area contributed by atoms with Crippen molar-refractivity contribution in [3.63, 3.8) is 0 Å². The Morgan fingerprint density at radius 3 is 2.36 bits per heavy atom. The summed E-state index contributed by atoms with van der Waals surface area (Å²) >= 11 is 0. The summed E-state index contributed by atoms with van der Waals surface area (Å²) in [4.78, 5) is 0. The summed E-state index contributed by atoms with van der Waals surface area (Å²) < 4.78 is 31.4. The van der Waals surface area contributed by atoms with E-state index in [1.54, 1.807) is 0 Å². The molecule has 0 amide bonds. The van der Waals surface area contributed by atoms with Crippen molar-refractivity contribution < 1.29 is 13.2 Å². The van der Waals surface area contributed by atoms with E-state index in [1.165, 1.54) is 0 Å². The molecule has 0 aliphatic carbocycles. The minimum Gasteiger partial charge on any atom is -0.381 e. The molecule has 6 heteroatoms. The lowest BCUT2D eigenvalue weighted by molar-refractivity contribution is 0.0980. The van der Waals surface area contributed by atoms with Crippen LogP contribution in [0.3, 0.4) is 0 Å². The summed E-state index contributed by atoms with van der Waals surface area (Å²) in [5, 5.41) is 2.78. The molecule has 2 saturated heterocycles. The van der Waals surface area contributed by atoms with Crippen molar-refractivity contribution >= 4 is 10.0 Å². The van der Waals surface area contributed by atoms with Gasteiger partial charge in [0, 0.05) is 32.3 Å². The van der Waals surface area contributed by atoms with Crippen LogP contribution < -0.4 is 10.0 Å². The molecule has 0 aromatic rings. The van der Waals surface area contributed by atoms with E-state index in [0.717, 1.165) is 13.1 Å². The van der Waals surface area contributed by atoms with E-state index in [4.69, 9.17) is 4.74 Å². The summed E-state index contributed by atoms with van der Waals surface area (Å²) in [6, 6.07) is 0.0999. The molecule has 0 spiro atoms. The lowest BCUT2D eigenvalue weighted by Crippen LogP contribution is -2.58.